The number of likely N-dealkylation sites (N-methyl/N-ethyl adjacent to an activating group) is 1. The second kappa shape index (κ2) is 11.4. The van der Waals surface area contributed by atoms with Crippen LogP contribution in [0.25, 0.3) is 0 Å². The summed E-state index contributed by atoms with van der Waals surface area (Å²) >= 11 is 0. The van der Waals surface area contributed by atoms with Crippen molar-refractivity contribution in [2.24, 2.45) is 11.8 Å². The number of nitrogens with one attached hydrogen (secondary N) is 3. The molecule has 7 heteroatoms. The summed E-state index contributed by atoms with van der Waals surface area (Å²) in [6.07, 6.45) is 3.59. The van der Waals surface area contributed by atoms with Crippen molar-refractivity contribution in [1.82, 2.24) is 20.9 Å². The minimum atomic E-state index is -0.253. The average molecular weight is 389 g/mol. The van der Waals surface area contributed by atoms with E-state index in [4.69, 9.17) is 0 Å². The molecule has 1 aromatic carbocycles. The van der Waals surface area contributed by atoms with E-state index in [2.05, 4.69) is 16.0 Å². The topological polar surface area (TPSA) is 90.5 Å². The summed E-state index contributed by atoms with van der Waals surface area (Å²) in [5, 5.41) is 8.52. The fourth-order valence-corrected chi connectivity index (χ4v) is 3.35. The molecular weight excluding hydrogens is 356 g/mol. The Kier molecular flexibility index (Phi) is 8.94. The first-order valence-corrected chi connectivity index (χ1v) is 9.98. The Morgan fingerprint density at radius 2 is 1.64 bits per heavy atom. The molecule has 1 aliphatic rings. The van der Waals surface area contributed by atoms with E-state index in [0.29, 0.717) is 24.6 Å². The number of carbonyl (C=O) groups is 3. The van der Waals surface area contributed by atoms with Gasteiger partial charge in [0.15, 0.2) is 0 Å². The lowest BCUT2D eigenvalue weighted by Gasteiger charge is -2.28. The van der Waals surface area contributed by atoms with Crippen LogP contribution < -0.4 is 16.0 Å². The van der Waals surface area contributed by atoms with Gasteiger partial charge in [-0.1, -0.05) is 18.2 Å². The third-order valence-corrected chi connectivity index (χ3v) is 5.11. The Balaban J connectivity index is 1.59. The van der Waals surface area contributed by atoms with Gasteiger partial charge in [0.25, 0.3) is 5.91 Å². The number of hydrogen-bond donors (Lipinski definition) is 3. The van der Waals surface area contributed by atoms with Gasteiger partial charge in [0.2, 0.25) is 11.8 Å². The maximum Gasteiger partial charge on any atom is 0.251 e. The van der Waals surface area contributed by atoms with Gasteiger partial charge < -0.3 is 20.9 Å². The first-order valence-electron chi connectivity index (χ1n) is 9.98. The van der Waals surface area contributed by atoms with Crippen LogP contribution >= 0.6 is 0 Å². The van der Waals surface area contributed by atoms with Crippen LogP contribution in [0.2, 0.25) is 0 Å². The molecule has 0 unspecified atom stereocenters. The van der Waals surface area contributed by atoms with E-state index in [1.54, 1.807) is 24.3 Å². The summed E-state index contributed by atoms with van der Waals surface area (Å²) in [7, 11) is 3.97. The molecule has 3 amide bonds. The number of hydrogen-bond acceptors (Lipinski definition) is 4. The minimum Gasteiger partial charge on any atom is -0.355 e. The third kappa shape index (κ3) is 7.68. The van der Waals surface area contributed by atoms with E-state index in [-0.39, 0.29) is 30.2 Å². The molecule has 1 aliphatic carbocycles. The minimum absolute atomic E-state index is 0.0304. The fourth-order valence-electron chi connectivity index (χ4n) is 3.35. The summed E-state index contributed by atoms with van der Waals surface area (Å²) in [5.41, 5.74) is 0.539. The summed E-state index contributed by atoms with van der Waals surface area (Å²) < 4.78 is 0. The molecule has 0 saturated heterocycles. The molecule has 0 radical (unpaired) electrons. The zero-order chi connectivity index (χ0) is 20.4. The lowest BCUT2D eigenvalue weighted by atomic mass is 9.81. The average Bonchev–Trinajstić information content (AvgIpc) is 2.71. The predicted octanol–water partition coefficient (Wildman–Crippen LogP) is 1.02. The fraction of sp³-hybridized carbons (Fsp3) is 0.571. The normalized spacial score (nSPS) is 19.1. The number of amides is 3. The highest BCUT2D eigenvalue weighted by atomic mass is 16.2. The number of nitrogens with zero attached hydrogens (tertiary/aromatic N) is 1. The highest BCUT2D eigenvalue weighted by Gasteiger charge is 2.26. The largest absolute Gasteiger partial charge is 0.355 e. The van der Waals surface area contributed by atoms with Crippen molar-refractivity contribution in [3.63, 3.8) is 0 Å². The summed E-state index contributed by atoms with van der Waals surface area (Å²) in [5.74, 6) is 0.177. The van der Waals surface area contributed by atoms with Gasteiger partial charge in [0.1, 0.15) is 0 Å². The molecule has 1 aromatic rings. The second-order valence-corrected chi connectivity index (χ2v) is 7.66. The molecule has 0 bridgehead atoms. The number of benzene rings is 1. The smallest absolute Gasteiger partial charge is 0.251 e. The highest BCUT2D eigenvalue weighted by Crippen LogP contribution is 2.28. The van der Waals surface area contributed by atoms with Crippen molar-refractivity contribution < 1.29 is 14.4 Å². The standard InChI is InChI=1S/C21H32N4O3/c1-25(2)13-12-22-20(27)18-10-8-16(9-11-18)14-23-19(26)15-24-21(28)17-6-4-3-5-7-17/h3-7,16,18H,8-15H2,1-2H3,(H,22,27)(H,23,26)(H,24,28). The van der Waals surface area contributed by atoms with Gasteiger partial charge in [-0.3, -0.25) is 14.4 Å². The molecule has 0 spiro atoms. The van der Waals surface area contributed by atoms with Crippen molar-refractivity contribution in [1.29, 1.82) is 0 Å². The predicted molar refractivity (Wildman–Crippen MR) is 109 cm³/mol. The lowest BCUT2D eigenvalue weighted by Crippen LogP contribution is -2.40. The maximum atomic E-state index is 12.2. The molecule has 0 aliphatic heterocycles. The molecule has 7 nitrogen and oxygen atoms in total. The first kappa shape index (κ1) is 21.9. The van der Waals surface area contributed by atoms with Crippen LogP contribution in [0, 0.1) is 11.8 Å². The number of rotatable bonds is 9. The van der Waals surface area contributed by atoms with E-state index in [1.807, 2.05) is 25.1 Å². The molecule has 3 N–H and O–H groups in total. The molecule has 0 heterocycles. The zero-order valence-corrected chi connectivity index (χ0v) is 16.9. The van der Waals surface area contributed by atoms with Crippen LogP contribution in [0.3, 0.4) is 0 Å². The SMILES string of the molecule is CN(C)CCNC(=O)C1CCC(CNC(=O)CNC(=O)c2ccccc2)CC1. The van der Waals surface area contributed by atoms with Crippen LogP contribution in [-0.4, -0.2) is 62.9 Å². The summed E-state index contributed by atoms with van der Waals surface area (Å²) in [6, 6.07) is 8.83. The van der Waals surface area contributed by atoms with Crippen molar-refractivity contribution >= 4 is 17.7 Å². The molecule has 0 aromatic heterocycles. The monoisotopic (exact) mass is 388 g/mol. The Morgan fingerprint density at radius 3 is 2.29 bits per heavy atom. The van der Waals surface area contributed by atoms with Crippen molar-refractivity contribution in [3.8, 4) is 0 Å². The molecule has 154 valence electrons. The van der Waals surface area contributed by atoms with Crippen LogP contribution in [-0.2, 0) is 9.59 Å². The van der Waals surface area contributed by atoms with Crippen molar-refractivity contribution in [2.75, 3.05) is 40.3 Å². The van der Waals surface area contributed by atoms with Crippen LogP contribution in [0.5, 0.6) is 0 Å². The molecule has 2 rings (SSSR count). The molecule has 0 atom stereocenters. The van der Waals surface area contributed by atoms with E-state index in [1.165, 1.54) is 0 Å². The molecule has 1 fully saturated rings. The third-order valence-electron chi connectivity index (χ3n) is 5.11. The van der Waals surface area contributed by atoms with Crippen LogP contribution in [0.15, 0.2) is 30.3 Å². The first-order chi connectivity index (χ1) is 13.5. The van der Waals surface area contributed by atoms with Gasteiger partial charge in [0, 0.05) is 31.1 Å². The quantitative estimate of drug-likeness (QED) is 0.589. The van der Waals surface area contributed by atoms with Crippen molar-refractivity contribution in [3.05, 3.63) is 35.9 Å². The van der Waals surface area contributed by atoms with Crippen molar-refractivity contribution in [2.45, 2.75) is 25.7 Å². The van der Waals surface area contributed by atoms with Gasteiger partial charge in [-0.15, -0.1) is 0 Å². The van der Waals surface area contributed by atoms with Gasteiger partial charge in [-0.2, -0.15) is 0 Å². The van der Waals surface area contributed by atoms with Crippen LogP contribution in [0.4, 0.5) is 0 Å². The molecule has 1 saturated carbocycles. The van der Waals surface area contributed by atoms with Gasteiger partial charge >= 0.3 is 0 Å². The Hall–Kier alpha value is -2.41. The van der Waals surface area contributed by atoms with E-state index >= 15 is 0 Å². The molecular formula is C21H32N4O3. The van der Waals surface area contributed by atoms with E-state index in [9.17, 15) is 14.4 Å². The molecule has 28 heavy (non-hydrogen) atoms. The van der Waals surface area contributed by atoms with Gasteiger partial charge in [0.05, 0.1) is 6.54 Å². The Labute approximate surface area is 167 Å². The zero-order valence-electron chi connectivity index (χ0n) is 16.9. The Bertz CT molecular complexity index is 640. The van der Waals surface area contributed by atoms with E-state index in [0.717, 1.165) is 32.2 Å². The second-order valence-electron chi connectivity index (χ2n) is 7.66. The summed E-state index contributed by atoms with van der Waals surface area (Å²) in [6.45, 7) is 2.08. The summed E-state index contributed by atoms with van der Waals surface area (Å²) in [4.78, 5) is 38.1. The highest BCUT2D eigenvalue weighted by molar-refractivity contribution is 5.96. The van der Waals surface area contributed by atoms with Gasteiger partial charge in [-0.05, 0) is 57.8 Å². The lowest BCUT2D eigenvalue weighted by molar-refractivity contribution is -0.126. The van der Waals surface area contributed by atoms with Crippen LogP contribution in [0.1, 0.15) is 36.0 Å². The van der Waals surface area contributed by atoms with Gasteiger partial charge in [-0.25, -0.2) is 0 Å². The van der Waals surface area contributed by atoms with E-state index < -0.39 is 0 Å². The Morgan fingerprint density at radius 1 is 0.964 bits per heavy atom. The maximum absolute atomic E-state index is 12.2. The number of carbonyl (C=O) groups excluding carboxylic acids is 3.